The van der Waals surface area contributed by atoms with E-state index >= 15 is 0 Å². The molecule has 18 nitrogen and oxygen atoms in total. The number of aliphatic imine (C=N–C) groups is 1. The van der Waals surface area contributed by atoms with Crippen LogP contribution in [0.5, 0.6) is 0 Å². The first kappa shape index (κ1) is 70.8. The number of nitrogens with two attached hydrogens (primary N) is 1. The molecule has 4 N–H and O–H groups in total. The van der Waals surface area contributed by atoms with Crippen LogP contribution < -0.4 is 16.0 Å². The standard InChI is InChI=1S/C67H102N7O11P/c1-6-7-8-9-10-11-12-13-14-15-16-17-18-19-20-21-22-23-30-37-63(75)82-51-55(53-85-86(79,80)84-48-46-74(3,4)5)52-83-64(76)44-45-73(59-35-28-25-29-36-59)66(77)57-40-43-61-60(49-57)70-62(72(61)2)50-69-58-41-38-56(39-42-58)65(68)71-67(78)81-47-31-34-54-32-26-24-27-33-54/h13-14,25,28-29,35-36,38-43,49,54-55H,6-12,15-24,26-27,30-34,37,44-48,50-53H2,1-5H3,(H3-,68,69,71,78,79,80)/p+1/b14-13+. The van der Waals surface area contributed by atoms with Crippen molar-refractivity contribution in [3.63, 3.8) is 0 Å². The molecular weight excluding hydrogens is 1110 g/mol. The van der Waals surface area contributed by atoms with E-state index in [0.717, 1.165) is 49.2 Å². The summed E-state index contributed by atoms with van der Waals surface area (Å²) >= 11 is 0. The Labute approximate surface area is 513 Å². The smallest absolute Gasteiger partial charge is 0.465 e. The molecule has 1 saturated carbocycles. The van der Waals surface area contributed by atoms with Gasteiger partial charge in [-0.1, -0.05) is 146 Å². The van der Waals surface area contributed by atoms with Gasteiger partial charge in [-0.05, 0) is 105 Å². The molecule has 1 aromatic heterocycles. The Morgan fingerprint density at radius 1 is 0.744 bits per heavy atom. The van der Waals surface area contributed by atoms with Crippen molar-refractivity contribution in [2.45, 2.75) is 180 Å². The summed E-state index contributed by atoms with van der Waals surface area (Å²) < 4.78 is 42.5. The van der Waals surface area contributed by atoms with E-state index in [-0.39, 0.29) is 57.6 Å². The van der Waals surface area contributed by atoms with E-state index in [9.17, 15) is 28.6 Å². The molecule has 19 heteroatoms. The second-order valence-electron chi connectivity index (χ2n) is 24.1. The van der Waals surface area contributed by atoms with Gasteiger partial charge in [0.1, 0.15) is 24.8 Å². The Morgan fingerprint density at radius 3 is 1.99 bits per heavy atom. The van der Waals surface area contributed by atoms with Gasteiger partial charge in [-0.15, -0.1) is 0 Å². The van der Waals surface area contributed by atoms with Crippen molar-refractivity contribution in [2.75, 3.05) is 77.5 Å². The summed E-state index contributed by atoms with van der Waals surface area (Å²) in [5.41, 5.74) is 9.89. The molecule has 476 valence electrons. The second kappa shape index (κ2) is 39.8. The number of phosphoric acid groups is 1. The fraction of sp³-hybridized carbons (Fsp3) is 0.612. The molecule has 0 aliphatic heterocycles. The molecule has 0 radical (unpaired) electrons. The summed E-state index contributed by atoms with van der Waals surface area (Å²) in [5, 5.41) is 3.38. The maximum absolute atomic E-state index is 14.4. The number of esters is 2. The fourth-order valence-electron chi connectivity index (χ4n) is 10.4. The molecule has 0 saturated heterocycles. The van der Waals surface area contributed by atoms with Crippen LogP contribution in [0.25, 0.3) is 11.0 Å². The number of allylic oxidation sites excluding steroid dienone is 2. The number of carbonyl (C=O) groups is 4. The van der Waals surface area contributed by atoms with E-state index in [1.807, 2.05) is 57.0 Å². The molecule has 1 aliphatic rings. The number of likely N-dealkylation sites (N-methyl/N-ethyl adjacent to an activating group) is 1. The zero-order valence-electron chi connectivity index (χ0n) is 52.6. The number of unbranched alkanes of at least 4 members (excludes halogenated alkanes) is 15. The van der Waals surface area contributed by atoms with Crippen LogP contribution in [0.2, 0.25) is 0 Å². The summed E-state index contributed by atoms with van der Waals surface area (Å²) in [5.74, 6) is -0.663. The van der Waals surface area contributed by atoms with Crippen LogP contribution in [0, 0.1) is 11.8 Å². The van der Waals surface area contributed by atoms with Gasteiger partial charge in [0, 0.05) is 42.5 Å². The number of benzene rings is 3. The maximum Gasteiger partial charge on any atom is 0.472 e. The number of aryl methyl sites for hydroxylation is 1. The quantitative estimate of drug-likeness (QED) is 0.00548. The molecule has 5 rings (SSSR count). The lowest BCUT2D eigenvalue weighted by Crippen LogP contribution is -2.37. The number of hydrogen-bond donors (Lipinski definition) is 3. The third kappa shape index (κ3) is 28.7. The molecule has 86 heavy (non-hydrogen) atoms. The minimum Gasteiger partial charge on any atom is -0.465 e. The summed E-state index contributed by atoms with van der Waals surface area (Å²) in [6.07, 6.45) is 32.7. The van der Waals surface area contributed by atoms with Gasteiger partial charge < -0.3 is 44.1 Å². The zero-order valence-corrected chi connectivity index (χ0v) is 53.5. The molecule has 2 unspecified atom stereocenters. The van der Waals surface area contributed by atoms with Crippen LogP contribution in [0.4, 0.5) is 16.2 Å². The number of ether oxygens (including phenoxy) is 3. The highest BCUT2D eigenvalue weighted by atomic mass is 31.2. The Balaban J connectivity index is 1.07. The van der Waals surface area contributed by atoms with Crippen molar-refractivity contribution < 1.29 is 56.4 Å². The van der Waals surface area contributed by atoms with Crippen LogP contribution in [-0.4, -0.2) is 116 Å². The highest BCUT2D eigenvalue weighted by Gasteiger charge is 2.27. The van der Waals surface area contributed by atoms with Crippen molar-refractivity contribution in [1.29, 1.82) is 0 Å². The molecule has 0 bridgehead atoms. The van der Waals surface area contributed by atoms with Crippen molar-refractivity contribution in [3.8, 4) is 0 Å². The van der Waals surface area contributed by atoms with E-state index in [1.165, 1.54) is 120 Å². The van der Waals surface area contributed by atoms with Crippen molar-refractivity contribution in [1.82, 2.24) is 9.55 Å². The average molecular weight is 1210 g/mol. The first-order chi connectivity index (χ1) is 41.5. The van der Waals surface area contributed by atoms with Gasteiger partial charge in [0.25, 0.3) is 5.91 Å². The number of quaternary nitrogens is 1. The lowest BCUT2D eigenvalue weighted by Gasteiger charge is -2.24. The number of nitrogens with one attached hydrogen (secondary N) is 1. The van der Waals surface area contributed by atoms with Crippen LogP contribution >= 0.6 is 7.82 Å². The third-order valence-electron chi connectivity index (χ3n) is 15.7. The second-order valence-corrected chi connectivity index (χ2v) is 25.6. The summed E-state index contributed by atoms with van der Waals surface area (Å²) in [6.45, 7) is 2.49. The number of carbonyl (C=O) groups excluding carboxylic acids is 4. The van der Waals surface area contributed by atoms with Crippen LogP contribution in [0.15, 0.2) is 89.9 Å². The van der Waals surface area contributed by atoms with E-state index in [2.05, 4.69) is 29.4 Å². The van der Waals surface area contributed by atoms with E-state index in [1.54, 1.807) is 48.5 Å². The number of aromatic nitrogens is 2. The predicted octanol–water partition coefficient (Wildman–Crippen LogP) is 14.6. The predicted molar refractivity (Wildman–Crippen MR) is 343 cm³/mol. The fourth-order valence-corrected chi connectivity index (χ4v) is 11.2. The van der Waals surface area contributed by atoms with Gasteiger partial charge in [-0.3, -0.25) is 23.4 Å². The number of amides is 2. The Bertz CT molecular complexity index is 2720. The van der Waals surface area contributed by atoms with Crippen molar-refractivity contribution in [3.05, 3.63) is 102 Å². The molecule has 4 aromatic rings. The van der Waals surface area contributed by atoms with Gasteiger partial charge in [0.15, 0.2) is 0 Å². The van der Waals surface area contributed by atoms with E-state index < -0.39 is 31.8 Å². The lowest BCUT2D eigenvalue weighted by atomic mass is 9.86. The normalized spacial score (nSPS) is 14.3. The Kier molecular flexibility index (Phi) is 32.8. The Hall–Kier alpha value is -5.91. The van der Waals surface area contributed by atoms with Gasteiger partial charge in [-0.2, -0.15) is 4.99 Å². The Morgan fingerprint density at radius 2 is 1.35 bits per heavy atom. The number of rotatable bonds is 43. The molecule has 2 atom stereocenters. The van der Waals surface area contributed by atoms with Gasteiger partial charge >= 0.3 is 25.9 Å². The van der Waals surface area contributed by atoms with Crippen LogP contribution in [-0.2, 0) is 51.0 Å². The van der Waals surface area contributed by atoms with Crippen LogP contribution in [0.1, 0.15) is 196 Å². The van der Waals surface area contributed by atoms with Crippen LogP contribution in [0.3, 0.4) is 0 Å². The number of para-hydroxylation sites is 1. The molecular formula is C67H103N7O11P+. The summed E-state index contributed by atoms with van der Waals surface area (Å²) in [6, 6.07) is 21.6. The molecule has 2 amide bonds. The zero-order chi connectivity index (χ0) is 61.8. The number of nitrogens with zero attached hydrogens (tertiary/aromatic N) is 5. The van der Waals surface area contributed by atoms with Gasteiger partial charge in [0.2, 0.25) is 0 Å². The van der Waals surface area contributed by atoms with Gasteiger partial charge in [-0.25, -0.2) is 14.3 Å². The SMILES string of the molecule is CCCCCCCC/C=C/CCCCCCCCCCCC(=O)OCC(COC(=O)CCN(C(=O)c1ccc2c(c1)nc(CNc1ccc(/C(N)=N/C(=O)OCCCC3CCCCC3)cc1)n2C)c1ccccc1)COP(=O)(O)OCC[N+](C)(C)C. The summed E-state index contributed by atoms with van der Waals surface area (Å²) in [7, 11) is 3.19. The molecule has 1 aliphatic carbocycles. The minimum absolute atomic E-state index is 0.0264. The molecule has 1 heterocycles. The first-order valence-corrected chi connectivity index (χ1v) is 33.6. The van der Waals surface area contributed by atoms with Crippen molar-refractivity contribution >= 4 is 60.0 Å². The maximum atomic E-state index is 14.4. The van der Waals surface area contributed by atoms with Crippen molar-refractivity contribution in [2.24, 2.45) is 29.6 Å². The monoisotopic (exact) mass is 1210 g/mol. The highest BCUT2D eigenvalue weighted by Crippen LogP contribution is 2.43. The van der Waals surface area contributed by atoms with E-state index in [0.29, 0.717) is 58.8 Å². The molecule has 1 fully saturated rings. The largest absolute Gasteiger partial charge is 0.472 e. The highest BCUT2D eigenvalue weighted by molar-refractivity contribution is 7.47. The van der Waals surface area contributed by atoms with E-state index in [4.69, 9.17) is 34.0 Å². The number of imidazole rings is 1. The lowest BCUT2D eigenvalue weighted by molar-refractivity contribution is -0.870. The third-order valence-corrected chi connectivity index (χ3v) is 16.7. The summed E-state index contributed by atoms with van der Waals surface area (Å²) in [4.78, 5) is 73.9. The number of hydrogen-bond acceptors (Lipinski definition) is 12. The molecule has 0 spiro atoms. The topological polar surface area (TPSA) is 223 Å². The molecule has 3 aromatic carbocycles. The first-order valence-electron chi connectivity index (χ1n) is 32.1. The number of fused-ring (bicyclic) bond motifs is 1. The minimum atomic E-state index is -4.49. The van der Waals surface area contributed by atoms with Gasteiger partial charge in [0.05, 0.1) is 77.5 Å². The number of phosphoric ester groups is 1. The average Bonchev–Trinajstić information content (AvgIpc) is 2.35. The number of anilines is 2. The number of amidine groups is 1.